The van der Waals surface area contributed by atoms with Crippen LogP contribution in [0.2, 0.25) is 0 Å². The Balaban J connectivity index is 1.37. The molecular weight excluding hydrogens is 430 g/mol. The van der Waals surface area contributed by atoms with Gasteiger partial charge in [0.25, 0.3) is 11.6 Å². The monoisotopic (exact) mass is 447 g/mol. The van der Waals surface area contributed by atoms with Gasteiger partial charge in [-0.25, -0.2) is 4.98 Å². The molecule has 0 aliphatic heterocycles. The summed E-state index contributed by atoms with van der Waals surface area (Å²) in [6.45, 7) is 0.122. The molecule has 4 aromatic rings. The summed E-state index contributed by atoms with van der Waals surface area (Å²) in [5.74, 6) is -0.397. The van der Waals surface area contributed by atoms with E-state index >= 15 is 0 Å². The van der Waals surface area contributed by atoms with Crippen LogP contribution >= 0.6 is 0 Å². The van der Waals surface area contributed by atoms with Gasteiger partial charge in [-0.05, 0) is 36.4 Å². The maximum absolute atomic E-state index is 12.4. The zero-order valence-electron chi connectivity index (χ0n) is 17.0. The smallest absolute Gasteiger partial charge is 0.305 e. The molecule has 11 nitrogen and oxygen atoms in total. The maximum atomic E-state index is 12.4. The number of nitro benzene ring substituents is 1. The normalized spacial score (nSPS) is 10.4. The third-order valence-corrected chi connectivity index (χ3v) is 4.52. The van der Waals surface area contributed by atoms with Gasteiger partial charge in [0.05, 0.1) is 11.3 Å². The number of hydrogen-bond donors (Lipinski definition) is 2. The van der Waals surface area contributed by atoms with Gasteiger partial charge in [0.15, 0.2) is 5.76 Å². The standard InChI is InChI=1S/C22H17N5O6/c28-21(15-6-8-18(19(12-15)27(30)31)26-11-10-23-14-26)24-25-22(29)20-9-7-17(33-20)13-32-16-4-2-1-3-5-16/h1-12,14H,13H2,(H,24,28)(H,25,29). The second-order valence-corrected chi connectivity index (χ2v) is 6.71. The number of benzene rings is 2. The molecule has 11 heteroatoms. The van der Waals surface area contributed by atoms with E-state index in [0.717, 1.165) is 6.07 Å². The molecule has 2 heterocycles. The summed E-state index contributed by atoms with van der Waals surface area (Å²) in [6, 6.07) is 16.1. The highest BCUT2D eigenvalue weighted by atomic mass is 16.6. The highest BCUT2D eigenvalue weighted by Crippen LogP contribution is 2.24. The number of nitro groups is 1. The summed E-state index contributed by atoms with van der Waals surface area (Å²) in [4.78, 5) is 39.4. The molecule has 0 radical (unpaired) electrons. The molecule has 0 spiro atoms. The second-order valence-electron chi connectivity index (χ2n) is 6.71. The molecular formula is C22H17N5O6. The van der Waals surface area contributed by atoms with Crippen molar-refractivity contribution >= 4 is 17.5 Å². The fourth-order valence-electron chi connectivity index (χ4n) is 2.93. The van der Waals surface area contributed by atoms with Gasteiger partial charge in [-0.2, -0.15) is 0 Å². The first-order valence-corrected chi connectivity index (χ1v) is 9.65. The van der Waals surface area contributed by atoms with Gasteiger partial charge in [0.1, 0.15) is 23.8 Å². The summed E-state index contributed by atoms with van der Waals surface area (Å²) in [5, 5.41) is 11.4. The van der Waals surface area contributed by atoms with Crippen LogP contribution < -0.4 is 15.6 Å². The quantitative estimate of drug-likeness (QED) is 0.328. The predicted octanol–water partition coefficient (Wildman–Crippen LogP) is 3.03. The number of ether oxygens (including phenoxy) is 1. The highest BCUT2D eigenvalue weighted by molar-refractivity contribution is 5.98. The number of hydrogen-bond acceptors (Lipinski definition) is 7. The summed E-state index contributed by atoms with van der Waals surface area (Å²) in [7, 11) is 0. The first-order valence-electron chi connectivity index (χ1n) is 9.65. The Kier molecular flexibility index (Phi) is 6.12. The average molecular weight is 447 g/mol. The molecule has 4 rings (SSSR count). The van der Waals surface area contributed by atoms with Crippen LogP contribution in [-0.4, -0.2) is 26.3 Å². The van der Waals surface area contributed by atoms with E-state index in [0.29, 0.717) is 11.5 Å². The summed E-state index contributed by atoms with van der Waals surface area (Å²) < 4.78 is 12.4. The number of nitrogens with zero attached hydrogens (tertiary/aromatic N) is 3. The van der Waals surface area contributed by atoms with Crippen LogP contribution in [0.25, 0.3) is 5.69 Å². The number of aromatic nitrogens is 2. The average Bonchev–Trinajstić information content (AvgIpc) is 3.54. The van der Waals surface area contributed by atoms with Crippen molar-refractivity contribution in [2.75, 3.05) is 0 Å². The van der Waals surface area contributed by atoms with E-state index in [1.165, 1.54) is 35.3 Å². The Hall–Kier alpha value is -4.93. The molecule has 2 amide bonds. The van der Waals surface area contributed by atoms with Gasteiger partial charge >= 0.3 is 5.91 Å². The minimum absolute atomic E-state index is 0.0118. The van der Waals surface area contributed by atoms with Gasteiger partial charge in [-0.1, -0.05) is 18.2 Å². The predicted molar refractivity (Wildman–Crippen MR) is 115 cm³/mol. The lowest BCUT2D eigenvalue weighted by Gasteiger charge is -2.08. The number of hydrazine groups is 1. The van der Waals surface area contributed by atoms with Crippen molar-refractivity contribution in [3.63, 3.8) is 0 Å². The maximum Gasteiger partial charge on any atom is 0.305 e. The number of para-hydroxylation sites is 1. The van der Waals surface area contributed by atoms with Gasteiger partial charge in [0, 0.05) is 24.0 Å². The van der Waals surface area contributed by atoms with Crippen LogP contribution in [0.5, 0.6) is 5.75 Å². The minimum atomic E-state index is -0.733. The largest absolute Gasteiger partial charge is 0.486 e. The Morgan fingerprint density at radius 2 is 1.85 bits per heavy atom. The van der Waals surface area contributed by atoms with E-state index in [-0.39, 0.29) is 29.3 Å². The van der Waals surface area contributed by atoms with Crippen molar-refractivity contribution < 1.29 is 23.7 Å². The molecule has 2 N–H and O–H groups in total. The number of imidazole rings is 1. The Bertz CT molecular complexity index is 1280. The fraction of sp³-hybridized carbons (Fsp3) is 0.0455. The number of amides is 2. The molecule has 33 heavy (non-hydrogen) atoms. The zero-order chi connectivity index (χ0) is 23.2. The third-order valence-electron chi connectivity index (χ3n) is 4.52. The van der Waals surface area contributed by atoms with Gasteiger partial charge < -0.3 is 13.7 Å². The molecule has 166 valence electrons. The molecule has 0 atom stereocenters. The van der Waals surface area contributed by atoms with Crippen molar-refractivity contribution in [3.05, 3.63) is 107 Å². The molecule has 0 saturated heterocycles. The van der Waals surface area contributed by atoms with Crippen LogP contribution in [0.15, 0.2) is 83.8 Å². The van der Waals surface area contributed by atoms with Crippen LogP contribution in [0, 0.1) is 10.1 Å². The van der Waals surface area contributed by atoms with E-state index in [9.17, 15) is 19.7 Å². The van der Waals surface area contributed by atoms with Crippen molar-refractivity contribution in [1.29, 1.82) is 0 Å². The van der Waals surface area contributed by atoms with Gasteiger partial charge in [0.2, 0.25) is 0 Å². The number of furan rings is 1. The van der Waals surface area contributed by atoms with Crippen molar-refractivity contribution in [2.45, 2.75) is 6.61 Å². The molecule has 0 fully saturated rings. The van der Waals surface area contributed by atoms with E-state index in [2.05, 4.69) is 15.8 Å². The van der Waals surface area contributed by atoms with Gasteiger partial charge in [-0.3, -0.25) is 30.6 Å². The first kappa shape index (κ1) is 21.3. The lowest BCUT2D eigenvalue weighted by molar-refractivity contribution is -0.384. The molecule has 0 bridgehead atoms. The topological polar surface area (TPSA) is 142 Å². The summed E-state index contributed by atoms with van der Waals surface area (Å²) in [6.07, 6.45) is 4.43. The van der Waals surface area contributed by atoms with E-state index < -0.39 is 16.7 Å². The Labute approximate surface area is 186 Å². The van der Waals surface area contributed by atoms with Gasteiger partial charge in [-0.15, -0.1) is 0 Å². The number of carbonyl (C=O) groups excluding carboxylic acids is 2. The lowest BCUT2D eigenvalue weighted by atomic mass is 10.1. The number of carbonyl (C=O) groups is 2. The van der Waals surface area contributed by atoms with Crippen LogP contribution in [0.3, 0.4) is 0 Å². The lowest BCUT2D eigenvalue weighted by Crippen LogP contribution is -2.41. The van der Waals surface area contributed by atoms with Crippen molar-refractivity contribution in [3.8, 4) is 11.4 Å². The number of rotatable bonds is 7. The summed E-state index contributed by atoms with van der Waals surface area (Å²) in [5.41, 5.74) is 4.38. The Morgan fingerprint density at radius 1 is 1.06 bits per heavy atom. The minimum Gasteiger partial charge on any atom is -0.486 e. The third kappa shape index (κ3) is 5.05. The highest BCUT2D eigenvalue weighted by Gasteiger charge is 2.19. The van der Waals surface area contributed by atoms with Crippen LogP contribution in [0.4, 0.5) is 5.69 Å². The van der Waals surface area contributed by atoms with Crippen molar-refractivity contribution in [2.24, 2.45) is 0 Å². The fourth-order valence-corrected chi connectivity index (χ4v) is 2.93. The zero-order valence-corrected chi connectivity index (χ0v) is 17.0. The van der Waals surface area contributed by atoms with Crippen LogP contribution in [0.1, 0.15) is 26.7 Å². The summed E-state index contributed by atoms with van der Waals surface area (Å²) >= 11 is 0. The molecule has 0 aliphatic carbocycles. The molecule has 0 aliphatic rings. The first-order chi connectivity index (χ1) is 16.0. The van der Waals surface area contributed by atoms with Crippen molar-refractivity contribution in [1.82, 2.24) is 20.4 Å². The molecule has 0 unspecified atom stereocenters. The number of nitrogens with one attached hydrogen (secondary N) is 2. The van der Waals surface area contributed by atoms with Crippen LogP contribution in [-0.2, 0) is 6.61 Å². The molecule has 0 saturated carbocycles. The Morgan fingerprint density at radius 3 is 2.58 bits per heavy atom. The van der Waals surface area contributed by atoms with E-state index in [4.69, 9.17) is 9.15 Å². The van der Waals surface area contributed by atoms with E-state index in [1.807, 2.05) is 18.2 Å². The SMILES string of the molecule is O=C(NNC(=O)c1ccc(COc2ccccc2)o1)c1ccc(-n2ccnc2)c([N+](=O)[O-])c1. The second kappa shape index (κ2) is 9.47. The van der Waals surface area contributed by atoms with E-state index in [1.54, 1.807) is 24.4 Å². The molecule has 2 aromatic heterocycles. The molecule has 2 aromatic carbocycles.